The van der Waals surface area contributed by atoms with E-state index in [2.05, 4.69) is 6.07 Å². The molecule has 1 aromatic rings. The van der Waals surface area contributed by atoms with Gasteiger partial charge in [-0.2, -0.15) is 0 Å². The fourth-order valence-corrected chi connectivity index (χ4v) is 2.30. The molecule has 76 valence electrons. The van der Waals surface area contributed by atoms with Crippen LogP contribution in [0.4, 0.5) is 0 Å². The Morgan fingerprint density at radius 3 is 3.14 bits per heavy atom. The minimum absolute atomic E-state index is 0.448. The molecule has 0 aromatic heterocycles. The van der Waals surface area contributed by atoms with E-state index in [4.69, 9.17) is 4.74 Å². The number of phenolic OH excluding ortho intramolecular Hbond substituents is 1. The number of benzene rings is 1. The normalized spacial score (nSPS) is 20.5. The maximum Gasteiger partial charge on any atom is 0.119 e. The van der Waals surface area contributed by atoms with Gasteiger partial charge in [-0.25, -0.2) is 0 Å². The number of ether oxygens (including phenoxy) is 1. The zero-order valence-corrected chi connectivity index (χ0v) is 8.49. The van der Waals surface area contributed by atoms with Crippen molar-refractivity contribution < 1.29 is 9.84 Å². The highest BCUT2D eigenvalue weighted by molar-refractivity contribution is 5.42. The highest BCUT2D eigenvalue weighted by Crippen LogP contribution is 2.35. The van der Waals surface area contributed by atoms with Crippen LogP contribution >= 0.6 is 0 Å². The number of hydrogen-bond acceptors (Lipinski definition) is 2. The Morgan fingerprint density at radius 2 is 2.36 bits per heavy atom. The average molecular weight is 192 g/mol. The topological polar surface area (TPSA) is 29.5 Å². The Kier molecular flexibility index (Phi) is 2.73. The van der Waals surface area contributed by atoms with Gasteiger partial charge >= 0.3 is 0 Å². The summed E-state index contributed by atoms with van der Waals surface area (Å²) < 4.78 is 5.20. The molecule has 2 rings (SSSR count). The zero-order chi connectivity index (χ0) is 9.97. The van der Waals surface area contributed by atoms with Gasteiger partial charge in [0.2, 0.25) is 0 Å². The second kappa shape index (κ2) is 4.01. The van der Waals surface area contributed by atoms with Crippen molar-refractivity contribution in [3.05, 3.63) is 29.3 Å². The quantitative estimate of drug-likeness (QED) is 0.780. The summed E-state index contributed by atoms with van der Waals surface area (Å²) in [5, 5.41) is 9.70. The summed E-state index contributed by atoms with van der Waals surface area (Å²) in [6.07, 6.45) is 3.32. The summed E-state index contributed by atoms with van der Waals surface area (Å²) >= 11 is 0. The Balaban J connectivity index is 2.34. The molecule has 0 aliphatic heterocycles. The molecule has 0 heterocycles. The van der Waals surface area contributed by atoms with Gasteiger partial charge in [0.05, 0.1) is 6.61 Å². The molecule has 0 saturated carbocycles. The first kappa shape index (κ1) is 9.53. The fraction of sp³-hybridized carbons (Fsp3) is 0.500. The third-order valence-corrected chi connectivity index (χ3v) is 2.97. The van der Waals surface area contributed by atoms with Crippen molar-refractivity contribution in [2.24, 2.45) is 0 Å². The first-order chi connectivity index (χ1) is 6.83. The summed E-state index contributed by atoms with van der Waals surface area (Å²) in [6.45, 7) is 0.760. The second-order valence-corrected chi connectivity index (χ2v) is 3.89. The Hall–Kier alpha value is -1.02. The van der Waals surface area contributed by atoms with Crippen molar-refractivity contribution in [2.45, 2.75) is 25.2 Å². The van der Waals surface area contributed by atoms with Crippen LogP contribution in [-0.2, 0) is 11.2 Å². The van der Waals surface area contributed by atoms with Crippen LogP contribution in [0.5, 0.6) is 5.75 Å². The number of methoxy groups -OCH3 is 1. The second-order valence-electron chi connectivity index (χ2n) is 3.89. The molecule has 0 radical (unpaired) electrons. The molecule has 0 amide bonds. The van der Waals surface area contributed by atoms with E-state index in [1.165, 1.54) is 12.0 Å². The monoisotopic (exact) mass is 192 g/mol. The number of phenols is 1. The summed E-state index contributed by atoms with van der Waals surface area (Å²) in [6, 6.07) is 5.80. The largest absolute Gasteiger partial charge is 0.508 e. The number of fused-ring (bicyclic) bond motifs is 1. The highest BCUT2D eigenvalue weighted by Gasteiger charge is 2.21. The third-order valence-electron chi connectivity index (χ3n) is 2.97. The van der Waals surface area contributed by atoms with Crippen LogP contribution in [0.15, 0.2) is 18.2 Å². The lowest BCUT2D eigenvalue weighted by molar-refractivity contribution is 0.172. The summed E-state index contributed by atoms with van der Waals surface area (Å²) in [5.41, 5.74) is 2.40. The summed E-state index contributed by atoms with van der Waals surface area (Å²) in [7, 11) is 1.73. The van der Waals surface area contributed by atoms with Gasteiger partial charge in [0.1, 0.15) is 5.75 Å². The molecule has 0 spiro atoms. The van der Waals surface area contributed by atoms with E-state index >= 15 is 0 Å². The average Bonchev–Trinajstić information content (AvgIpc) is 2.20. The van der Waals surface area contributed by atoms with Crippen molar-refractivity contribution in [3.63, 3.8) is 0 Å². The van der Waals surface area contributed by atoms with E-state index in [0.29, 0.717) is 11.7 Å². The number of aromatic hydroxyl groups is 1. The lowest BCUT2D eigenvalue weighted by atomic mass is 9.83. The maximum absolute atomic E-state index is 9.70. The lowest BCUT2D eigenvalue weighted by Gasteiger charge is -2.25. The molecular formula is C12H16O2. The Labute approximate surface area is 84.5 Å². The van der Waals surface area contributed by atoms with Crippen LogP contribution in [-0.4, -0.2) is 18.8 Å². The van der Waals surface area contributed by atoms with E-state index in [1.807, 2.05) is 6.07 Å². The van der Waals surface area contributed by atoms with Gasteiger partial charge in [0.15, 0.2) is 0 Å². The minimum atomic E-state index is 0.448. The minimum Gasteiger partial charge on any atom is -0.508 e. The van der Waals surface area contributed by atoms with Crippen molar-refractivity contribution in [2.75, 3.05) is 13.7 Å². The van der Waals surface area contributed by atoms with Crippen LogP contribution < -0.4 is 0 Å². The van der Waals surface area contributed by atoms with E-state index in [1.54, 1.807) is 13.2 Å². The van der Waals surface area contributed by atoms with Crippen LogP contribution in [0.1, 0.15) is 29.9 Å². The molecule has 1 atom stereocenters. The first-order valence-corrected chi connectivity index (χ1v) is 5.12. The van der Waals surface area contributed by atoms with Gasteiger partial charge in [-0.3, -0.25) is 0 Å². The predicted octanol–water partition coefficient (Wildman–Crippen LogP) is 2.46. The van der Waals surface area contributed by atoms with Crippen molar-refractivity contribution in [1.29, 1.82) is 0 Å². The fourth-order valence-electron chi connectivity index (χ4n) is 2.30. The smallest absolute Gasteiger partial charge is 0.119 e. The Morgan fingerprint density at radius 1 is 1.50 bits per heavy atom. The SMILES string of the molecule is COCC1CCCc2c(O)cccc21. The number of hydrogen-bond donors (Lipinski definition) is 1. The van der Waals surface area contributed by atoms with Gasteiger partial charge in [-0.05, 0) is 36.5 Å². The van der Waals surface area contributed by atoms with Crippen molar-refractivity contribution in [1.82, 2.24) is 0 Å². The molecule has 1 aliphatic carbocycles. The molecule has 2 nitrogen and oxygen atoms in total. The molecule has 1 N–H and O–H groups in total. The molecule has 2 heteroatoms. The molecule has 1 aromatic carbocycles. The van der Waals surface area contributed by atoms with Gasteiger partial charge in [-0.15, -0.1) is 0 Å². The molecule has 1 unspecified atom stereocenters. The van der Waals surface area contributed by atoms with E-state index in [-0.39, 0.29) is 0 Å². The van der Waals surface area contributed by atoms with E-state index in [0.717, 1.165) is 25.0 Å². The molecule has 0 bridgehead atoms. The third kappa shape index (κ3) is 1.62. The number of rotatable bonds is 2. The summed E-state index contributed by atoms with van der Waals surface area (Å²) in [5.74, 6) is 0.916. The Bertz CT molecular complexity index is 320. The van der Waals surface area contributed by atoms with Crippen LogP contribution in [0.25, 0.3) is 0 Å². The van der Waals surface area contributed by atoms with Crippen molar-refractivity contribution in [3.8, 4) is 5.75 Å². The molecule has 14 heavy (non-hydrogen) atoms. The standard InChI is InChI=1S/C12H16O2/c1-14-8-9-4-2-6-11-10(9)5-3-7-12(11)13/h3,5,7,9,13H,2,4,6,8H2,1H3. The van der Waals surface area contributed by atoms with Gasteiger partial charge in [0.25, 0.3) is 0 Å². The van der Waals surface area contributed by atoms with Gasteiger partial charge in [-0.1, -0.05) is 12.1 Å². The zero-order valence-electron chi connectivity index (χ0n) is 8.49. The maximum atomic E-state index is 9.70. The highest BCUT2D eigenvalue weighted by atomic mass is 16.5. The van der Waals surface area contributed by atoms with Gasteiger partial charge < -0.3 is 9.84 Å². The predicted molar refractivity (Wildman–Crippen MR) is 55.7 cm³/mol. The lowest BCUT2D eigenvalue weighted by Crippen LogP contribution is -2.14. The van der Waals surface area contributed by atoms with Crippen LogP contribution in [0.3, 0.4) is 0 Å². The van der Waals surface area contributed by atoms with E-state index < -0.39 is 0 Å². The molecule has 1 aliphatic rings. The van der Waals surface area contributed by atoms with Crippen molar-refractivity contribution >= 4 is 0 Å². The van der Waals surface area contributed by atoms with Gasteiger partial charge in [0, 0.05) is 13.0 Å². The van der Waals surface area contributed by atoms with Crippen LogP contribution in [0.2, 0.25) is 0 Å². The molecular weight excluding hydrogens is 176 g/mol. The summed E-state index contributed by atoms with van der Waals surface area (Å²) in [4.78, 5) is 0. The van der Waals surface area contributed by atoms with Crippen LogP contribution in [0, 0.1) is 0 Å². The molecule has 0 fully saturated rings. The molecule has 0 saturated heterocycles. The van der Waals surface area contributed by atoms with E-state index in [9.17, 15) is 5.11 Å². The first-order valence-electron chi connectivity index (χ1n) is 5.12.